The molecule has 3 nitrogen and oxygen atoms in total. The second-order valence-electron chi connectivity index (χ2n) is 1.47. The zero-order valence-electron chi connectivity index (χ0n) is 6.22. The first-order chi connectivity index (χ1) is 3.68. The van der Waals surface area contributed by atoms with E-state index in [9.17, 15) is 0 Å². The summed E-state index contributed by atoms with van der Waals surface area (Å²) in [5.74, 6) is 0. The van der Waals surface area contributed by atoms with Crippen LogP contribution in [0.25, 0.3) is 0 Å². The van der Waals surface area contributed by atoms with Crippen LogP contribution in [0.3, 0.4) is 0 Å². The molecule has 0 spiro atoms. The average Bonchev–Trinajstić information content (AvgIpc) is 1.87. The van der Waals surface area contributed by atoms with E-state index < -0.39 is 8.80 Å². The Hall–Kier alpha value is 1.02. The Balaban J connectivity index is 0. The van der Waals surface area contributed by atoms with Crippen LogP contribution in [0.1, 0.15) is 0 Å². The van der Waals surface area contributed by atoms with Gasteiger partial charge in [0, 0.05) is 55.2 Å². The molecule has 54 valence electrons. The quantitative estimate of drug-likeness (QED) is 0.681. The van der Waals surface area contributed by atoms with Crippen LogP contribution in [0.2, 0.25) is 6.55 Å². The van der Waals surface area contributed by atoms with Crippen LogP contribution in [0.15, 0.2) is 0 Å². The van der Waals surface area contributed by atoms with Crippen LogP contribution in [-0.4, -0.2) is 57.4 Å². The first kappa shape index (κ1) is 12.7. The van der Waals surface area contributed by atoms with Crippen molar-refractivity contribution in [2.24, 2.45) is 0 Å². The Morgan fingerprint density at radius 1 is 0.889 bits per heavy atom. The predicted molar refractivity (Wildman–Crippen MR) is 38.4 cm³/mol. The molecule has 0 aliphatic carbocycles. The van der Waals surface area contributed by atoms with Crippen molar-refractivity contribution in [2.45, 2.75) is 6.55 Å². The summed E-state index contributed by atoms with van der Waals surface area (Å²) in [6.45, 7) is 1.83. The van der Waals surface area contributed by atoms with E-state index in [1.165, 1.54) is 0 Å². The fourth-order valence-electron chi connectivity index (χ4n) is 0.250. The van der Waals surface area contributed by atoms with Crippen molar-refractivity contribution in [3.05, 3.63) is 0 Å². The molecule has 0 saturated heterocycles. The predicted octanol–water partition coefficient (Wildman–Crippen LogP) is 0.113. The number of hydrogen-bond donors (Lipinski definition) is 0. The fraction of sp³-hybridized carbons (Fsp3) is 1.00. The van der Waals surface area contributed by atoms with Gasteiger partial charge in [-0.2, -0.15) is 0 Å². The number of rotatable bonds is 3. The van der Waals surface area contributed by atoms with E-state index in [2.05, 4.69) is 0 Å². The van der Waals surface area contributed by atoms with E-state index >= 15 is 0 Å². The van der Waals surface area contributed by atoms with Gasteiger partial charge in [-0.05, 0) is 0 Å². The molecule has 0 heterocycles. The SMILES string of the molecule is CO[Si](C)(OC)OC.[Pb]. The molecule has 0 atom stereocenters. The van der Waals surface area contributed by atoms with Crippen LogP contribution in [0, 0.1) is 0 Å². The summed E-state index contributed by atoms with van der Waals surface area (Å²) in [5, 5.41) is 0. The van der Waals surface area contributed by atoms with Crippen LogP contribution >= 0.6 is 0 Å². The molecule has 0 aliphatic rings. The second-order valence-corrected chi connectivity index (χ2v) is 4.42. The third-order valence-electron chi connectivity index (χ3n) is 1.11. The molecule has 0 N–H and O–H groups in total. The maximum absolute atomic E-state index is 4.93. The second kappa shape index (κ2) is 5.78. The summed E-state index contributed by atoms with van der Waals surface area (Å²) in [5.41, 5.74) is 0. The van der Waals surface area contributed by atoms with Gasteiger partial charge in [0.25, 0.3) is 0 Å². The zero-order chi connectivity index (χ0) is 6.62. The molecule has 0 amide bonds. The number of hydrogen-bond acceptors (Lipinski definition) is 3. The first-order valence-corrected chi connectivity index (χ1v) is 4.56. The smallest absolute Gasteiger partial charge is 0.377 e. The van der Waals surface area contributed by atoms with Crippen molar-refractivity contribution in [3.63, 3.8) is 0 Å². The minimum absolute atomic E-state index is 0. The Kier molecular flexibility index (Phi) is 8.14. The third-order valence-corrected chi connectivity index (χ3v) is 3.34. The monoisotopic (exact) mass is 344 g/mol. The van der Waals surface area contributed by atoms with Gasteiger partial charge in [0.2, 0.25) is 0 Å². The van der Waals surface area contributed by atoms with E-state index in [0.29, 0.717) is 0 Å². The Labute approximate surface area is 77.2 Å². The van der Waals surface area contributed by atoms with Gasteiger partial charge >= 0.3 is 8.80 Å². The first-order valence-electron chi connectivity index (χ1n) is 2.34. The van der Waals surface area contributed by atoms with E-state index in [0.717, 1.165) is 0 Å². The fourth-order valence-corrected chi connectivity index (χ4v) is 0.750. The molecule has 0 fully saturated rings. The maximum Gasteiger partial charge on any atom is 0.496 e. The van der Waals surface area contributed by atoms with Crippen molar-refractivity contribution >= 4 is 36.1 Å². The molecule has 0 aliphatic heterocycles. The van der Waals surface area contributed by atoms with Crippen molar-refractivity contribution in [2.75, 3.05) is 21.3 Å². The van der Waals surface area contributed by atoms with Crippen molar-refractivity contribution in [3.8, 4) is 0 Å². The summed E-state index contributed by atoms with van der Waals surface area (Å²) in [7, 11) is 2.58. The van der Waals surface area contributed by atoms with Gasteiger partial charge in [-0.25, -0.2) is 0 Å². The maximum atomic E-state index is 4.93. The zero-order valence-corrected chi connectivity index (χ0v) is 11.1. The Morgan fingerprint density at radius 3 is 1.11 bits per heavy atom. The molecule has 0 aromatic heterocycles. The standard InChI is InChI=1S/C4H12O3Si.Pb/c1-5-8(4,6-2)7-3;/h1-4H3;. The molecule has 0 unspecified atom stereocenters. The molecule has 0 saturated carbocycles. The van der Waals surface area contributed by atoms with Crippen LogP contribution in [0.4, 0.5) is 0 Å². The van der Waals surface area contributed by atoms with Gasteiger partial charge in [-0.1, -0.05) is 0 Å². The minimum Gasteiger partial charge on any atom is -0.377 e. The normalized spacial score (nSPS) is 10.7. The van der Waals surface area contributed by atoms with E-state index in [4.69, 9.17) is 13.3 Å². The molecule has 5 heteroatoms. The summed E-state index contributed by atoms with van der Waals surface area (Å²) in [6.07, 6.45) is 0. The molecular weight excluding hydrogens is 331 g/mol. The molecule has 0 bridgehead atoms. The largest absolute Gasteiger partial charge is 0.496 e. The molecule has 0 aromatic rings. The van der Waals surface area contributed by atoms with Crippen LogP contribution in [-0.2, 0) is 13.3 Å². The van der Waals surface area contributed by atoms with Gasteiger partial charge in [-0.3, -0.25) is 0 Å². The molecule has 4 radical (unpaired) electrons. The van der Waals surface area contributed by atoms with Crippen molar-refractivity contribution in [1.82, 2.24) is 0 Å². The third kappa shape index (κ3) is 4.43. The van der Waals surface area contributed by atoms with Crippen LogP contribution in [0.5, 0.6) is 0 Å². The van der Waals surface area contributed by atoms with Crippen LogP contribution < -0.4 is 0 Å². The van der Waals surface area contributed by atoms with Crippen molar-refractivity contribution in [1.29, 1.82) is 0 Å². The van der Waals surface area contributed by atoms with E-state index in [-0.39, 0.29) is 27.3 Å². The Bertz CT molecular complexity index is 58.6. The van der Waals surface area contributed by atoms with Gasteiger partial charge in [-0.15, -0.1) is 0 Å². The summed E-state index contributed by atoms with van der Waals surface area (Å²) < 4.78 is 14.8. The minimum atomic E-state index is -2.17. The topological polar surface area (TPSA) is 27.7 Å². The summed E-state index contributed by atoms with van der Waals surface area (Å²) >= 11 is 0. The molecule has 0 rings (SSSR count). The summed E-state index contributed by atoms with van der Waals surface area (Å²) in [6, 6.07) is 0. The van der Waals surface area contributed by atoms with E-state index in [1.54, 1.807) is 21.3 Å². The van der Waals surface area contributed by atoms with Gasteiger partial charge in [0.1, 0.15) is 0 Å². The van der Waals surface area contributed by atoms with Gasteiger partial charge in [0.15, 0.2) is 0 Å². The molecule has 9 heavy (non-hydrogen) atoms. The van der Waals surface area contributed by atoms with Gasteiger partial charge < -0.3 is 13.3 Å². The van der Waals surface area contributed by atoms with E-state index in [1.807, 2.05) is 6.55 Å². The molecule has 0 aromatic carbocycles. The summed E-state index contributed by atoms with van der Waals surface area (Å²) in [4.78, 5) is 0. The average molecular weight is 343 g/mol. The van der Waals surface area contributed by atoms with Gasteiger partial charge in [0.05, 0.1) is 0 Å². The van der Waals surface area contributed by atoms with Crippen molar-refractivity contribution < 1.29 is 13.3 Å². The Morgan fingerprint density at radius 2 is 1.11 bits per heavy atom. The molecular formula is C4H12O3PbSi.